The first-order chi connectivity index (χ1) is 22.0. The Morgan fingerprint density at radius 1 is 0.729 bits per heavy atom. The first-order valence-electron chi connectivity index (χ1n) is 16.2. The largest absolute Gasteiger partial charge is 0.491 e. The maximum atomic E-state index is 13.3. The van der Waals surface area contributed by atoms with Crippen LogP contribution in [0.4, 0.5) is 4.79 Å². The van der Waals surface area contributed by atoms with Gasteiger partial charge in [-0.3, -0.25) is 8.98 Å². The summed E-state index contributed by atoms with van der Waals surface area (Å²) >= 11 is 0. The average molecular weight is 692 g/mol. The summed E-state index contributed by atoms with van der Waals surface area (Å²) < 4.78 is 52.1. The number of rotatable bonds is 15. The van der Waals surface area contributed by atoms with Crippen LogP contribution in [0.25, 0.3) is 0 Å². The summed E-state index contributed by atoms with van der Waals surface area (Å²) in [6.45, 7) is 17.4. The topological polar surface area (TPSA) is 144 Å². The van der Waals surface area contributed by atoms with Gasteiger partial charge in [0.15, 0.2) is 0 Å². The van der Waals surface area contributed by atoms with E-state index >= 15 is 0 Å². The molecule has 1 unspecified atom stereocenters. The minimum atomic E-state index is -3.87. The molecule has 1 N–H and O–H groups in total. The number of hydrogen-bond donors (Lipinski definition) is 1. The maximum Gasteiger partial charge on any atom is 0.408 e. The number of ether oxygens (including phenoxy) is 4. The van der Waals surface area contributed by atoms with E-state index in [1.807, 2.05) is 19.1 Å². The van der Waals surface area contributed by atoms with Crippen LogP contribution < -0.4 is 10.1 Å². The van der Waals surface area contributed by atoms with Gasteiger partial charge >= 0.3 is 18.0 Å². The molecule has 0 saturated heterocycles. The second kappa shape index (κ2) is 17.1. The Labute approximate surface area is 286 Å². The van der Waals surface area contributed by atoms with Crippen LogP contribution in [-0.4, -0.2) is 62.5 Å². The molecule has 12 heteroatoms. The average Bonchev–Trinajstić information content (AvgIpc) is 2.92. The van der Waals surface area contributed by atoms with Crippen molar-refractivity contribution >= 4 is 28.1 Å². The SMILES string of the molecule is Cc1ccc(S(=O)(=O)OCCOc2ccc(CCCC(C[C@H](NC(=O)OC(C)(C)C)C(=O)OC(C)(C)C)C(=O)OC(C)(C)C)cc2)cc1. The zero-order chi connectivity index (χ0) is 36.3. The van der Waals surface area contributed by atoms with E-state index in [0.717, 1.165) is 11.1 Å². The zero-order valence-electron chi connectivity index (χ0n) is 30.0. The van der Waals surface area contributed by atoms with Crippen molar-refractivity contribution < 1.29 is 45.9 Å². The van der Waals surface area contributed by atoms with Crippen LogP contribution in [0, 0.1) is 12.8 Å². The summed E-state index contributed by atoms with van der Waals surface area (Å²) in [6, 6.07) is 12.6. The molecular weight excluding hydrogens is 638 g/mol. The van der Waals surface area contributed by atoms with Gasteiger partial charge < -0.3 is 24.3 Å². The van der Waals surface area contributed by atoms with Crippen LogP contribution in [0.5, 0.6) is 5.75 Å². The maximum absolute atomic E-state index is 13.3. The van der Waals surface area contributed by atoms with E-state index < -0.39 is 56.9 Å². The standard InChI is InChI=1S/C36H53NO10S/c1-25-14-20-29(21-15-25)48(41,42)44-23-22-43-28-18-16-26(17-19-28)12-11-13-27(31(38)45-34(2,3)4)24-30(32(39)46-35(5,6)7)37-33(40)47-36(8,9)10/h14-21,27,30H,11-13,22-24H2,1-10H3,(H,37,40)/t27?,30-/m0/s1. The van der Waals surface area contributed by atoms with E-state index in [2.05, 4.69) is 5.32 Å². The molecular formula is C36H53NO10S. The monoisotopic (exact) mass is 691 g/mol. The van der Waals surface area contributed by atoms with Crippen LogP contribution >= 0.6 is 0 Å². The Hall–Kier alpha value is -3.64. The summed E-state index contributed by atoms with van der Waals surface area (Å²) in [5.41, 5.74) is -0.415. The van der Waals surface area contributed by atoms with Crippen LogP contribution in [0.2, 0.25) is 0 Å². The Morgan fingerprint density at radius 3 is 1.81 bits per heavy atom. The molecule has 268 valence electrons. The number of nitrogens with one attached hydrogen (secondary N) is 1. The minimum Gasteiger partial charge on any atom is -0.491 e. The molecule has 11 nitrogen and oxygen atoms in total. The Kier molecular flexibility index (Phi) is 14.5. The van der Waals surface area contributed by atoms with E-state index in [4.69, 9.17) is 23.1 Å². The van der Waals surface area contributed by atoms with Crippen molar-refractivity contribution in [1.82, 2.24) is 5.32 Å². The fourth-order valence-corrected chi connectivity index (χ4v) is 5.31. The van der Waals surface area contributed by atoms with Gasteiger partial charge in [0.25, 0.3) is 10.1 Å². The molecule has 48 heavy (non-hydrogen) atoms. The number of esters is 2. The highest BCUT2D eigenvalue weighted by Gasteiger charge is 2.34. The highest BCUT2D eigenvalue weighted by molar-refractivity contribution is 7.86. The van der Waals surface area contributed by atoms with Crippen molar-refractivity contribution in [3.8, 4) is 5.75 Å². The number of alkyl carbamates (subject to hydrolysis) is 1. The summed E-state index contributed by atoms with van der Waals surface area (Å²) in [6.07, 6.45) is 0.770. The Balaban J connectivity index is 2.02. The third-order valence-electron chi connectivity index (χ3n) is 6.48. The number of benzene rings is 2. The number of aryl methyl sites for hydroxylation is 2. The fraction of sp³-hybridized carbons (Fsp3) is 0.583. The molecule has 2 aromatic carbocycles. The number of carbonyl (C=O) groups excluding carboxylic acids is 3. The van der Waals surface area contributed by atoms with E-state index in [-0.39, 0.29) is 24.5 Å². The third kappa shape index (κ3) is 16.0. The quantitative estimate of drug-likeness (QED) is 0.0929. The second-order valence-electron chi connectivity index (χ2n) is 14.7. The lowest BCUT2D eigenvalue weighted by molar-refractivity contribution is -0.163. The Morgan fingerprint density at radius 2 is 1.27 bits per heavy atom. The number of amides is 1. The number of hydrogen-bond acceptors (Lipinski definition) is 10. The summed E-state index contributed by atoms with van der Waals surface area (Å²) in [7, 11) is -3.87. The van der Waals surface area contributed by atoms with E-state index in [1.165, 1.54) is 12.1 Å². The van der Waals surface area contributed by atoms with Crippen molar-refractivity contribution in [3.05, 3.63) is 59.7 Å². The molecule has 2 aromatic rings. The molecule has 0 spiro atoms. The summed E-state index contributed by atoms with van der Waals surface area (Å²) in [4.78, 5) is 39.2. The predicted molar refractivity (Wildman–Crippen MR) is 182 cm³/mol. The lowest BCUT2D eigenvalue weighted by atomic mass is 9.92. The minimum absolute atomic E-state index is 0.0302. The molecule has 0 aliphatic heterocycles. The van der Waals surface area contributed by atoms with E-state index in [1.54, 1.807) is 86.6 Å². The molecule has 0 saturated carbocycles. The van der Waals surface area contributed by atoms with Gasteiger partial charge in [-0.2, -0.15) is 8.42 Å². The second-order valence-corrected chi connectivity index (χ2v) is 16.3. The van der Waals surface area contributed by atoms with Gasteiger partial charge in [-0.15, -0.1) is 0 Å². The van der Waals surface area contributed by atoms with Gasteiger partial charge in [0, 0.05) is 0 Å². The van der Waals surface area contributed by atoms with Crippen molar-refractivity contribution in [1.29, 1.82) is 0 Å². The zero-order valence-corrected chi connectivity index (χ0v) is 30.8. The highest BCUT2D eigenvalue weighted by Crippen LogP contribution is 2.24. The van der Waals surface area contributed by atoms with Crippen molar-refractivity contribution in [3.63, 3.8) is 0 Å². The first-order valence-corrected chi connectivity index (χ1v) is 17.6. The van der Waals surface area contributed by atoms with E-state index in [9.17, 15) is 22.8 Å². The summed E-state index contributed by atoms with van der Waals surface area (Å²) in [5, 5.41) is 2.60. The molecule has 0 bridgehead atoms. The normalized spacial score (nSPS) is 13.6. The van der Waals surface area contributed by atoms with Crippen LogP contribution in [0.3, 0.4) is 0 Å². The van der Waals surface area contributed by atoms with Gasteiger partial charge in [0.1, 0.15) is 41.8 Å². The van der Waals surface area contributed by atoms with Gasteiger partial charge in [-0.05, 0) is 125 Å². The molecule has 1 amide bonds. The predicted octanol–water partition coefficient (Wildman–Crippen LogP) is 6.69. The van der Waals surface area contributed by atoms with Crippen molar-refractivity contribution in [2.24, 2.45) is 5.92 Å². The third-order valence-corrected chi connectivity index (χ3v) is 7.81. The van der Waals surface area contributed by atoms with Crippen molar-refractivity contribution in [2.45, 2.75) is 123 Å². The Bertz CT molecular complexity index is 1450. The molecule has 2 rings (SSSR count). The van der Waals surface area contributed by atoms with Crippen LogP contribution in [0.15, 0.2) is 53.4 Å². The molecule has 0 heterocycles. The van der Waals surface area contributed by atoms with Gasteiger partial charge in [0.2, 0.25) is 0 Å². The highest BCUT2D eigenvalue weighted by atomic mass is 32.2. The van der Waals surface area contributed by atoms with Gasteiger partial charge in [-0.1, -0.05) is 29.8 Å². The smallest absolute Gasteiger partial charge is 0.408 e. The van der Waals surface area contributed by atoms with E-state index in [0.29, 0.717) is 25.0 Å². The summed E-state index contributed by atoms with van der Waals surface area (Å²) in [5.74, 6) is -1.31. The molecule has 2 atom stereocenters. The van der Waals surface area contributed by atoms with Gasteiger partial charge in [-0.25, -0.2) is 9.59 Å². The van der Waals surface area contributed by atoms with Crippen molar-refractivity contribution in [2.75, 3.05) is 13.2 Å². The van der Waals surface area contributed by atoms with Gasteiger partial charge in [0.05, 0.1) is 10.8 Å². The molecule has 0 aliphatic carbocycles. The first kappa shape index (κ1) is 40.5. The molecule has 0 aliphatic rings. The molecule has 0 aromatic heterocycles. The molecule has 0 fully saturated rings. The number of carbonyl (C=O) groups is 3. The lowest BCUT2D eigenvalue weighted by Gasteiger charge is -2.29. The van der Waals surface area contributed by atoms with Crippen LogP contribution in [0.1, 0.15) is 92.7 Å². The fourth-order valence-electron chi connectivity index (χ4n) is 4.42. The lowest BCUT2D eigenvalue weighted by Crippen LogP contribution is -2.47. The van der Waals surface area contributed by atoms with Crippen LogP contribution in [-0.2, 0) is 44.5 Å². The molecule has 0 radical (unpaired) electrons.